The summed E-state index contributed by atoms with van der Waals surface area (Å²) in [5.41, 5.74) is 0. The summed E-state index contributed by atoms with van der Waals surface area (Å²) < 4.78 is 0. The zero-order valence-corrected chi connectivity index (χ0v) is 6.29. The van der Waals surface area contributed by atoms with E-state index in [1.807, 2.05) is 6.08 Å². The van der Waals surface area contributed by atoms with Crippen molar-refractivity contribution in [1.82, 2.24) is 4.90 Å². The van der Waals surface area contributed by atoms with Gasteiger partial charge in [-0.05, 0) is 19.4 Å². The first kappa shape index (κ1) is 7.76. The molecule has 10 heavy (non-hydrogen) atoms. The van der Waals surface area contributed by atoms with Gasteiger partial charge >= 0.3 is 0 Å². The quantitative estimate of drug-likeness (QED) is 0.570. The molecule has 1 aliphatic rings. The van der Waals surface area contributed by atoms with Crippen LogP contribution in [0.5, 0.6) is 0 Å². The standard InChI is InChI=1S/C8H15NO/c1-2-5-9-6-3-4-8(10)7-9/h2,8,10H,1,3-7H2. The largest absolute Gasteiger partial charge is 0.392 e. The van der Waals surface area contributed by atoms with Crippen molar-refractivity contribution in [1.29, 1.82) is 0 Å². The molecule has 0 aromatic heterocycles. The minimum Gasteiger partial charge on any atom is -0.392 e. The molecule has 1 rings (SSSR count). The number of likely N-dealkylation sites (tertiary alicyclic amines) is 1. The van der Waals surface area contributed by atoms with Crippen molar-refractivity contribution in [2.24, 2.45) is 0 Å². The molecular weight excluding hydrogens is 126 g/mol. The fraction of sp³-hybridized carbons (Fsp3) is 0.750. The van der Waals surface area contributed by atoms with Gasteiger partial charge in [0.2, 0.25) is 0 Å². The maximum Gasteiger partial charge on any atom is 0.0667 e. The van der Waals surface area contributed by atoms with Gasteiger partial charge in [-0.25, -0.2) is 0 Å². The van der Waals surface area contributed by atoms with E-state index < -0.39 is 0 Å². The molecule has 1 aliphatic heterocycles. The van der Waals surface area contributed by atoms with Gasteiger partial charge in [0, 0.05) is 13.1 Å². The summed E-state index contributed by atoms with van der Waals surface area (Å²) in [6.07, 6.45) is 3.87. The van der Waals surface area contributed by atoms with Crippen LogP contribution in [0.1, 0.15) is 12.8 Å². The summed E-state index contributed by atoms with van der Waals surface area (Å²) in [5, 5.41) is 9.23. The Morgan fingerprint density at radius 2 is 2.50 bits per heavy atom. The van der Waals surface area contributed by atoms with Gasteiger partial charge in [0.15, 0.2) is 0 Å². The molecule has 0 bridgehead atoms. The van der Waals surface area contributed by atoms with Crippen molar-refractivity contribution >= 4 is 0 Å². The molecule has 1 N–H and O–H groups in total. The zero-order valence-electron chi connectivity index (χ0n) is 6.29. The van der Waals surface area contributed by atoms with Crippen LogP contribution < -0.4 is 0 Å². The second-order valence-corrected chi connectivity index (χ2v) is 2.84. The van der Waals surface area contributed by atoms with Crippen LogP contribution in [0.15, 0.2) is 12.7 Å². The van der Waals surface area contributed by atoms with Crippen LogP contribution in [-0.2, 0) is 0 Å². The maximum atomic E-state index is 9.23. The summed E-state index contributed by atoms with van der Waals surface area (Å²) >= 11 is 0. The fourth-order valence-corrected chi connectivity index (χ4v) is 1.38. The molecular formula is C8H15NO. The van der Waals surface area contributed by atoms with Crippen LogP contribution in [0, 0.1) is 0 Å². The number of aliphatic hydroxyl groups is 1. The minimum absolute atomic E-state index is 0.103. The first-order valence-corrected chi connectivity index (χ1v) is 3.84. The Morgan fingerprint density at radius 3 is 3.10 bits per heavy atom. The Morgan fingerprint density at radius 1 is 1.70 bits per heavy atom. The van der Waals surface area contributed by atoms with Crippen LogP contribution in [-0.4, -0.2) is 35.7 Å². The molecule has 1 fully saturated rings. The van der Waals surface area contributed by atoms with E-state index in [1.165, 1.54) is 0 Å². The highest BCUT2D eigenvalue weighted by Gasteiger charge is 2.15. The van der Waals surface area contributed by atoms with Crippen molar-refractivity contribution in [3.63, 3.8) is 0 Å². The van der Waals surface area contributed by atoms with E-state index in [-0.39, 0.29) is 6.10 Å². The second-order valence-electron chi connectivity index (χ2n) is 2.84. The molecule has 2 nitrogen and oxygen atoms in total. The Kier molecular flexibility index (Phi) is 2.90. The number of nitrogens with zero attached hydrogens (tertiary/aromatic N) is 1. The molecule has 0 aliphatic carbocycles. The van der Waals surface area contributed by atoms with E-state index in [4.69, 9.17) is 0 Å². The van der Waals surface area contributed by atoms with E-state index >= 15 is 0 Å². The fourth-order valence-electron chi connectivity index (χ4n) is 1.38. The van der Waals surface area contributed by atoms with Gasteiger partial charge in [0.05, 0.1) is 6.10 Å². The van der Waals surface area contributed by atoms with E-state index in [0.29, 0.717) is 0 Å². The number of aliphatic hydroxyl groups excluding tert-OH is 1. The van der Waals surface area contributed by atoms with E-state index in [2.05, 4.69) is 11.5 Å². The van der Waals surface area contributed by atoms with Crippen molar-refractivity contribution in [2.45, 2.75) is 18.9 Å². The highest BCUT2D eigenvalue weighted by molar-refractivity contribution is 4.78. The van der Waals surface area contributed by atoms with Crippen molar-refractivity contribution < 1.29 is 5.11 Å². The molecule has 0 radical (unpaired) electrons. The molecule has 1 saturated heterocycles. The lowest BCUT2D eigenvalue weighted by Crippen LogP contribution is -2.38. The molecule has 2 heteroatoms. The molecule has 1 heterocycles. The van der Waals surface area contributed by atoms with E-state index in [1.54, 1.807) is 0 Å². The molecule has 1 atom stereocenters. The molecule has 0 aromatic rings. The lowest BCUT2D eigenvalue weighted by molar-refractivity contribution is 0.0771. The monoisotopic (exact) mass is 141 g/mol. The van der Waals surface area contributed by atoms with Gasteiger partial charge in [-0.1, -0.05) is 6.08 Å². The summed E-state index contributed by atoms with van der Waals surface area (Å²) in [6, 6.07) is 0. The van der Waals surface area contributed by atoms with Crippen LogP contribution in [0.3, 0.4) is 0 Å². The molecule has 0 spiro atoms. The molecule has 0 saturated carbocycles. The van der Waals surface area contributed by atoms with Crippen LogP contribution >= 0.6 is 0 Å². The second kappa shape index (κ2) is 3.74. The smallest absolute Gasteiger partial charge is 0.0667 e. The van der Waals surface area contributed by atoms with E-state index in [9.17, 15) is 5.11 Å². The number of piperidine rings is 1. The van der Waals surface area contributed by atoms with Crippen molar-refractivity contribution in [3.05, 3.63) is 12.7 Å². The van der Waals surface area contributed by atoms with Gasteiger partial charge in [0.25, 0.3) is 0 Å². The van der Waals surface area contributed by atoms with Gasteiger partial charge in [-0.3, -0.25) is 4.90 Å². The topological polar surface area (TPSA) is 23.5 Å². The Hall–Kier alpha value is -0.340. The van der Waals surface area contributed by atoms with Crippen LogP contribution in [0.4, 0.5) is 0 Å². The Labute approximate surface area is 62.2 Å². The molecule has 58 valence electrons. The predicted molar refractivity (Wildman–Crippen MR) is 41.9 cm³/mol. The van der Waals surface area contributed by atoms with Gasteiger partial charge in [-0.15, -0.1) is 6.58 Å². The lowest BCUT2D eigenvalue weighted by atomic mass is 10.1. The third kappa shape index (κ3) is 2.12. The highest BCUT2D eigenvalue weighted by Crippen LogP contribution is 2.08. The lowest BCUT2D eigenvalue weighted by Gasteiger charge is -2.28. The Bertz CT molecular complexity index is 114. The van der Waals surface area contributed by atoms with Gasteiger partial charge in [-0.2, -0.15) is 0 Å². The number of hydrogen-bond donors (Lipinski definition) is 1. The van der Waals surface area contributed by atoms with Gasteiger partial charge < -0.3 is 5.11 Å². The first-order valence-electron chi connectivity index (χ1n) is 3.84. The zero-order chi connectivity index (χ0) is 7.40. The third-order valence-corrected chi connectivity index (χ3v) is 1.87. The number of hydrogen-bond acceptors (Lipinski definition) is 2. The van der Waals surface area contributed by atoms with Crippen molar-refractivity contribution in [3.8, 4) is 0 Å². The summed E-state index contributed by atoms with van der Waals surface area (Å²) in [7, 11) is 0. The number of β-amino-alcohol motifs (C(OH)–C–C–N with tert-alkyl or cyclic N) is 1. The minimum atomic E-state index is -0.103. The third-order valence-electron chi connectivity index (χ3n) is 1.87. The normalized spacial score (nSPS) is 28.3. The summed E-state index contributed by atoms with van der Waals surface area (Å²) in [4.78, 5) is 2.22. The van der Waals surface area contributed by atoms with E-state index in [0.717, 1.165) is 32.5 Å². The van der Waals surface area contributed by atoms with Crippen LogP contribution in [0.25, 0.3) is 0 Å². The maximum absolute atomic E-state index is 9.23. The summed E-state index contributed by atoms with van der Waals surface area (Å²) in [5.74, 6) is 0. The molecule has 1 unspecified atom stereocenters. The van der Waals surface area contributed by atoms with Crippen LogP contribution in [0.2, 0.25) is 0 Å². The molecule has 0 aromatic carbocycles. The van der Waals surface area contributed by atoms with Crippen molar-refractivity contribution in [2.75, 3.05) is 19.6 Å². The summed E-state index contributed by atoms with van der Waals surface area (Å²) in [6.45, 7) is 6.51. The SMILES string of the molecule is C=CCN1CCCC(O)C1. The van der Waals surface area contributed by atoms with Gasteiger partial charge in [0.1, 0.15) is 0 Å². The average molecular weight is 141 g/mol. The predicted octanol–water partition coefficient (Wildman–Crippen LogP) is 0.629. The number of rotatable bonds is 2. The average Bonchev–Trinajstić information content (AvgIpc) is 1.88. The first-order chi connectivity index (χ1) is 4.83. The Balaban J connectivity index is 2.24. The highest BCUT2D eigenvalue weighted by atomic mass is 16.3. The molecule has 0 amide bonds.